The fourth-order valence-corrected chi connectivity index (χ4v) is 19.1. The zero-order valence-electron chi connectivity index (χ0n) is 58.2. The Morgan fingerprint density at radius 1 is 0.842 bits per heavy atom. The zero-order chi connectivity index (χ0) is 73.2. The molecule has 6 fully saturated rings. The molecule has 0 bridgehead atoms. The first-order valence-corrected chi connectivity index (χ1v) is 35.9. The van der Waals surface area contributed by atoms with Gasteiger partial charge in [-0.1, -0.05) is 79.0 Å². The van der Waals surface area contributed by atoms with E-state index in [-0.39, 0.29) is 70.2 Å². The van der Waals surface area contributed by atoms with Crippen molar-refractivity contribution in [1.29, 1.82) is 0 Å². The lowest BCUT2D eigenvalue weighted by Gasteiger charge is -2.73. The molecule has 9 aliphatic rings. The summed E-state index contributed by atoms with van der Waals surface area (Å²) < 4.78 is 42.5. The van der Waals surface area contributed by atoms with E-state index in [4.69, 9.17) is 45.1 Å². The van der Waals surface area contributed by atoms with Gasteiger partial charge < -0.3 is 110 Å². The fraction of sp³-hybridized carbons (Fsp3) is 0.649. The Hall–Kier alpha value is -6.12. The number of hydrogen-bond donors (Lipinski definition) is 14. The Kier molecular flexibility index (Phi) is 22.4. The normalized spacial score (nSPS) is 36.9. The monoisotopic (exact) mass is 1430 g/mol. The molecule has 1 amide bonds. The van der Waals surface area contributed by atoms with Gasteiger partial charge in [0.05, 0.1) is 48.5 Å². The highest BCUT2D eigenvalue weighted by Gasteiger charge is 2.74. The molecule has 3 saturated heterocycles. The van der Waals surface area contributed by atoms with Crippen molar-refractivity contribution < 1.29 is 108 Å². The smallest absolute Gasteiger partial charge is 0.336 e. The van der Waals surface area contributed by atoms with Gasteiger partial charge in [-0.2, -0.15) is 0 Å². The van der Waals surface area contributed by atoms with Crippen LogP contribution >= 0.6 is 12.2 Å². The van der Waals surface area contributed by atoms with Crippen LogP contribution < -0.4 is 21.4 Å². The van der Waals surface area contributed by atoms with Gasteiger partial charge in [-0.3, -0.25) is 14.4 Å². The summed E-state index contributed by atoms with van der Waals surface area (Å²) in [7, 11) is 0. The third kappa shape index (κ3) is 13.7. The summed E-state index contributed by atoms with van der Waals surface area (Å²) in [5.74, 6) is -3.12. The largest absolute Gasteiger partial charge is 0.508 e. The highest BCUT2D eigenvalue weighted by Crippen LogP contribution is 2.78. The molecule has 554 valence electrons. The van der Waals surface area contributed by atoms with Crippen molar-refractivity contribution in [1.82, 2.24) is 10.6 Å². The number of benzene rings is 3. The fourth-order valence-electron chi connectivity index (χ4n) is 18.8. The minimum Gasteiger partial charge on any atom is -0.508 e. The van der Waals surface area contributed by atoms with Gasteiger partial charge in [0.2, 0.25) is 12.2 Å². The van der Waals surface area contributed by atoms with E-state index >= 15 is 4.79 Å². The first-order chi connectivity index (χ1) is 47.8. The van der Waals surface area contributed by atoms with Gasteiger partial charge in [-0.05, 0) is 148 Å². The number of carbonyl (C=O) groups is 4. The maximum absolute atomic E-state index is 15.7. The minimum atomic E-state index is -2.00. The van der Waals surface area contributed by atoms with E-state index < -0.39 is 162 Å². The lowest BCUT2D eigenvalue weighted by atomic mass is 9.31. The average Bonchev–Trinajstić information content (AvgIpc) is 0.656. The number of carboxylic acids is 1. The number of amides is 1. The zero-order valence-corrected chi connectivity index (χ0v) is 59.0. The van der Waals surface area contributed by atoms with Gasteiger partial charge in [0.15, 0.2) is 29.2 Å². The summed E-state index contributed by atoms with van der Waals surface area (Å²) in [6, 6.07) is 11.9. The number of aliphatic hydroxyl groups is 9. The number of esters is 1. The van der Waals surface area contributed by atoms with Crippen LogP contribution in [0.25, 0.3) is 33.4 Å². The lowest BCUT2D eigenvalue weighted by Crippen LogP contribution is -2.70. The van der Waals surface area contributed by atoms with Crippen LogP contribution in [-0.2, 0) is 42.8 Å². The van der Waals surface area contributed by atoms with Crippen molar-refractivity contribution in [2.45, 2.75) is 231 Å². The second-order valence-corrected chi connectivity index (χ2v) is 30.8. The second kappa shape index (κ2) is 29.8. The molecule has 3 saturated carbocycles. The first kappa shape index (κ1) is 76.0. The molecule has 14 N–H and O–H groups in total. The van der Waals surface area contributed by atoms with Crippen molar-refractivity contribution in [2.24, 2.45) is 50.7 Å². The third-order valence-corrected chi connectivity index (χ3v) is 24.4. The van der Waals surface area contributed by atoms with Gasteiger partial charge in [-0.25, -0.2) is 4.79 Å². The minimum absolute atomic E-state index is 0.0144. The van der Waals surface area contributed by atoms with E-state index in [1.807, 2.05) is 13.8 Å². The molecular weight excluding hydrogens is 1330 g/mol. The van der Waals surface area contributed by atoms with Crippen LogP contribution in [0.5, 0.6) is 5.75 Å². The predicted molar refractivity (Wildman–Crippen MR) is 368 cm³/mol. The van der Waals surface area contributed by atoms with Crippen LogP contribution in [0.4, 0.5) is 5.69 Å². The highest BCUT2D eigenvalue weighted by atomic mass is 32.1. The molecule has 101 heavy (non-hydrogen) atoms. The second-order valence-electron chi connectivity index (χ2n) is 30.4. The van der Waals surface area contributed by atoms with Gasteiger partial charge >= 0.3 is 11.9 Å². The molecule has 4 heterocycles. The number of aromatic carboxylic acids is 1. The number of phenolic OH excluding ortho intramolecular Hbond substituents is 1. The Labute approximate surface area is 591 Å². The van der Waals surface area contributed by atoms with E-state index in [1.54, 1.807) is 24.3 Å². The number of phenols is 1. The molecule has 13 unspecified atom stereocenters. The van der Waals surface area contributed by atoms with Gasteiger partial charge in [0, 0.05) is 58.1 Å². The maximum Gasteiger partial charge on any atom is 0.336 e. The first-order valence-electron chi connectivity index (χ1n) is 35.4. The number of aldehydes is 1. The van der Waals surface area contributed by atoms with Gasteiger partial charge in [0.25, 0.3) is 0 Å². The van der Waals surface area contributed by atoms with Crippen molar-refractivity contribution in [2.75, 3.05) is 25.1 Å². The van der Waals surface area contributed by atoms with Crippen LogP contribution in [0.2, 0.25) is 0 Å². The number of unbranched alkanes of at least 4 members (excludes halogenated alkanes) is 2. The Morgan fingerprint density at radius 2 is 1.56 bits per heavy atom. The van der Waals surface area contributed by atoms with E-state index in [0.717, 1.165) is 18.3 Å². The molecule has 2 aromatic rings. The van der Waals surface area contributed by atoms with Gasteiger partial charge in [0.1, 0.15) is 77.6 Å². The van der Waals surface area contributed by atoms with Crippen LogP contribution in [0.1, 0.15) is 143 Å². The summed E-state index contributed by atoms with van der Waals surface area (Å²) in [4.78, 5) is 67.8. The molecule has 4 aliphatic heterocycles. The molecular formula is C74H99N3O23S. The Morgan fingerprint density at radius 3 is 2.27 bits per heavy atom. The quantitative estimate of drug-likeness (QED) is 0.0121. The van der Waals surface area contributed by atoms with Crippen LogP contribution in [-0.4, -0.2) is 203 Å². The van der Waals surface area contributed by atoms with E-state index in [2.05, 4.69) is 56.6 Å². The molecule has 24 atom stereocenters. The summed E-state index contributed by atoms with van der Waals surface area (Å²) in [5.41, 5.74) is -1.55. The Bertz CT molecular complexity index is 3780. The van der Waals surface area contributed by atoms with E-state index in [0.29, 0.717) is 85.7 Å². The van der Waals surface area contributed by atoms with Crippen LogP contribution in [0.15, 0.2) is 75.5 Å². The molecule has 2 aromatic carbocycles. The number of anilines is 1. The molecule has 0 radical (unpaired) electrons. The molecule has 5 aliphatic carbocycles. The maximum atomic E-state index is 15.7. The lowest BCUT2D eigenvalue weighted by molar-refractivity contribution is -0.370. The number of aromatic hydroxyl groups is 1. The molecule has 27 heteroatoms. The predicted octanol–water partition coefficient (Wildman–Crippen LogP) is 5.16. The summed E-state index contributed by atoms with van der Waals surface area (Å²) in [5, 5.41) is 133. The Balaban J connectivity index is 0.777. The topological polar surface area (TPSA) is 412 Å². The molecule has 11 rings (SSSR count). The van der Waals surface area contributed by atoms with Crippen molar-refractivity contribution in [3.63, 3.8) is 0 Å². The number of thiocarbonyl (C=S) groups is 1. The SMILES string of the molecule is CCC(O)C(C)(C=O)[C@@H]1CC[C@@]2(C=C3C4C[C@H](C)CCC4(C(=O)O[C@@H]4O[C@H](CO)C(NC(=O)CCCCCNC(=S)Nc5ccc(-c6c7ccc(=O)cc-7oc7cc(O)ccc67)c(C(=O)O)c5)C(O)C4O[C@@H]4O[C@H](C)C(O[C@@H]5OC[C@@H](O)C(O)C5O)C(O)C4O)[C@H](O)C[C@]32C)C(CC)C1(C)C. The van der Waals surface area contributed by atoms with Crippen molar-refractivity contribution in [3.05, 3.63) is 82.0 Å². The molecule has 1 spiro atoms. The number of aliphatic hydroxyl groups excluding tert-OH is 9. The van der Waals surface area contributed by atoms with E-state index in [9.17, 15) is 75.3 Å². The summed E-state index contributed by atoms with van der Waals surface area (Å²) >= 11 is 5.58. The number of carboxylic acid groups (broad SMARTS) is 1. The standard InChI is InChI=1S/C74H99N3O23S/c1-9-50-70(5,6)51(71(7,34-79)52(83)10-2)22-23-73(50)30-45-44-26-35(3)21-24-74(44,53(84)31-72(45,73)8)68(93)100-67-63(99-66-61(90)59(88)62(36(4)95-66)98-65-60(89)57(86)46(82)33-94-65)58(87)56(49(32-78)97-67)77-54(85)14-12-11-13-25-75-69(101)76-37-15-18-40(43(27-37)64(91)92)55-41-19-16-38(80)28-47(41)96-48-29-39(81)17-20-42(48)55/h15-20,27-30,34-36,44,46,49-53,56-63,65-67,78,80,82-84,86-90H,9-14,21-26,31-33H2,1-8H3,(H,77,85)(H,91,92)(H2,75,76,101)/t35-,36-,44?,46-,49-,50?,51-,52?,53-,56?,57?,58?,59?,60?,61?,62?,63?,65+,66+,67+,71?,72-,73-,74?/m1/s1. The number of ether oxygens (including phenoxy) is 6. The molecule has 0 aromatic heterocycles. The molecule has 26 nitrogen and oxygen atoms in total. The van der Waals surface area contributed by atoms with Crippen LogP contribution in [0.3, 0.4) is 0 Å². The number of fused-ring (bicyclic) bond motifs is 6. The number of nitrogens with one attached hydrogen (secondary N) is 3. The van der Waals surface area contributed by atoms with E-state index in [1.165, 1.54) is 37.3 Å². The third-order valence-electron chi connectivity index (χ3n) is 24.2. The number of allylic oxidation sites excluding steroid dienone is 2. The van der Waals surface area contributed by atoms with Crippen LogP contribution in [0, 0.1) is 50.7 Å². The number of rotatable bonds is 22. The van der Waals surface area contributed by atoms with Crippen molar-refractivity contribution in [3.8, 4) is 28.2 Å². The van der Waals surface area contributed by atoms with Crippen molar-refractivity contribution >= 4 is 58.1 Å². The number of hydrogen-bond acceptors (Lipinski definition) is 23. The average molecular weight is 1430 g/mol. The summed E-state index contributed by atoms with van der Waals surface area (Å²) in [6.45, 7) is 15.0. The summed E-state index contributed by atoms with van der Waals surface area (Å²) in [6.07, 6.45) is -15.6. The van der Waals surface area contributed by atoms with Gasteiger partial charge in [-0.15, -0.1) is 0 Å². The highest BCUT2D eigenvalue weighted by molar-refractivity contribution is 7.80. The number of carbonyl (C=O) groups excluding carboxylic acids is 3.